The molecule has 150 valence electrons. The predicted molar refractivity (Wildman–Crippen MR) is 105 cm³/mol. The highest BCUT2D eigenvalue weighted by Crippen LogP contribution is 2.12. The number of piperazine rings is 1. The molecule has 1 saturated heterocycles. The normalized spacial score (nSPS) is 14.7. The van der Waals surface area contributed by atoms with Gasteiger partial charge in [0.25, 0.3) is 0 Å². The van der Waals surface area contributed by atoms with Crippen LogP contribution >= 0.6 is 0 Å². The molecule has 1 aliphatic heterocycles. The highest BCUT2D eigenvalue weighted by Gasteiger charge is 2.27. The highest BCUT2D eigenvalue weighted by atomic mass is 16.6. The minimum atomic E-state index is -0.518. The second kappa shape index (κ2) is 8.33. The van der Waals surface area contributed by atoms with E-state index in [1.54, 1.807) is 20.7 Å². The van der Waals surface area contributed by atoms with Crippen LogP contribution in [0.3, 0.4) is 0 Å². The summed E-state index contributed by atoms with van der Waals surface area (Å²) in [5.74, 6) is 0. The van der Waals surface area contributed by atoms with Crippen LogP contribution in [0.4, 0.5) is 9.59 Å². The van der Waals surface area contributed by atoms with E-state index in [0.29, 0.717) is 32.7 Å². The minimum Gasteiger partial charge on any atom is -0.444 e. The molecule has 0 atom stereocenters. The van der Waals surface area contributed by atoms with Crippen molar-refractivity contribution in [2.75, 3.05) is 26.2 Å². The Kier molecular flexibility index (Phi) is 5.87. The van der Waals surface area contributed by atoms with E-state index in [-0.39, 0.29) is 12.1 Å². The minimum absolute atomic E-state index is 0.142. The molecule has 3 amide bonds. The standard InChI is InChI=1S/C20H27N5O3/c1-20(2,3)28-19(27)24-11-9-23(10-12-24)18(26)21-13-16-14-22-25(15-16)17-7-5-4-6-8-17/h4-8,14-15H,9-13H2,1-3H3,(H,21,26). The molecule has 0 bridgehead atoms. The number of para-hydroxylation sites is 1. The van der Waals surface area contributed by atoms with Gasteiger partial charge in [-0.1, -0.05) is 18.2 Å². The van der Waals surface area contributed by atoms with Gasteiger partial charge in [0, 0.05) is 44.5 Å². The maximum Gasteiger partial charge on any atom is 0.410 e. The predicted octanol–water partition coefficient (Wildman–Crippen LogP) is 2.63. The lowest BCUT2D eigenvalue weighted by Gasteiger charge is -2.35. The SMILES string of the molecule is CC(C)(C)OC(=O)N1CCN(C(=O)NCc2cnn(-c3ccccc3)c2)CC1. The van der Waals surface area contributed by atoms with Crippen molar-refractivity contribution in [3.63, 3.8) is 0 Å². The van der Waals surface area contributed by atoms with Crippen LogP contribution < -0.4 is 5.32 Å². The van der Waals surface area contributed by atoms with Crippen molar-refractivity contribution in [1.29, 1.82) is 0 Å². The Morgan fingerprint density at radius 1 is 1.07 bits per heavy atom. The third kappa shape index (κ3) is 5.25. The van der Waals surface area contributed by atoms with Gasteiger partial charge in [-0.15, -0.1) is 0 Å². The number of nitrogens with one attached hydrogen (secondary N) is 1. The summed E-state index contributed by atoms with van der Waals surface area (Å²) in [4.78, 5) is 27.9. The summed E-state index contributed by atoms with van der Waals surface area (Å²) < 4.78 is 7.15. The first kappa shape index (κ1) is 19.7. The molecule has 0 radical (unpaired) electrons. The van der Waals surface area contributed by atoms with Gasteiger partial charge in [-0.2, -0.15) is 5.10 Å². The summed E-state index contributed by atoms with van der Waals surface area (Å²) in [5.41, 5.74) is 1.37. The Balaban J connectivity index is 1.45. The van der Waals surface area contributed by atoms with Gasteiger partial charge in [-0.3, -0.25) is 0 Å². The average Bonchev–Trinajstić information content (AvgIpc) is 3.15. The summed E-state index contributed by atoms with van der Waals surface area (Å²) in [6.45, 7) is 7.82. The van der Waals surface area contributed by atoms with Gasteiger partial charge in [-0.25, -0.2) is 14.3 Å². The Bertz CT molecular complexity index is 805. The van der Waals surface area contributed by atoms with Gasteiger partial charge in [0.05, 0.1) is 11.9 Å². The number of hydrogen-bond donors (Lipinski definition) is 1. The van der Waals surface area contributed by atoms with Crippen molar-refractivity contribution in [2.24, 2.45) is 0 Å². The van der Waals surface area contributed by atoms with Crippen LogP contribution in [-0.4, -0.2) is 63.5 Å². The Hall–Kier alpha value is -3.03. The van der Waals surface area contributed by atoms with Gasteiger partial charge in [0.1, 0.15) is 5.60 Å². The van der Waals surface area contributed by atoms with E-state index in [1.807, 2.05) is 57.3 Å². The Morgan fingerprint density at radius 2 is 1.71 bits per heavy atom. The van der Waals surface area contributed by atoms with Crippen LogP contribution in [0, 0.1) is 0 Å². The topological polar surface area (TPSA) is 79.7 Å². The second-order valence-electron chi connectivity index (χ2n) is 7.74. The summed E-state index contributed by atoms with van der Waals surface area (Å²) in [6, 6.07) is 9.66. The number of ether oxygens (including phenoxy) is 1. The molecule has 8 nitrogen and oxygen atoms in total. The van der Waals surface area contributed by atoms with Crippen LogP contribution in [0.2, 0.25) is 0 Å². The third-order valence-corrected chi connectivity index (χ3v) is 4.32. The third-order valence-electron chi connectivity index (χ3n) is 4.32. The molecule has 0 spiro atoms. The van der Waals surface area contributed by atoms with Gasteiger partial charge >= 0.3 is 12.1 Å². The molecule has 1 aromatic heterocycles. The van der Waals surface area contributed by atoms with E-state index in [9.17, 15) is 9.59 Å². The van der Waals surface area contributed by atoms with Gasteiger partial charge < -0.3 is 19.9 Å². The number of nitrogens with zero attached hydrogens (tertiary/aromatic N) is 4. The van der Waals surface area contributed by atoms with Crippen molar-refractivity contribution in [1.82, 2.24) is 24.9 Å². The van der Waals surface area contributed by atoms with E-state index in [1.165, 1.54) is 0 Å². The van der Waals surface area contributed by atoms with Crippen molar-refractivity contribution < 1.29 is 14.3 Å². The quantitative estimate of drug-likeness (QED) is 0.881. The Labute approximate surface area is 165 Å². The Morgan fingerprint density at radius 3 is 2.36 bits per heavy atom. The van der Waals surface area contributed by atoms with E-state index in [4.69, 9.17) is 4.74 Å². The molecule has 1 fully saturated rings. The molecule has 3 rings (SSSR count). The molecule has 2 heterocycles. The lowest BCUT2D eigenvalue weighted by molar-refractivity contribution is 0.0170. The number of rotatable bonds is 3. The van der Waals surface area contributed by atoms with Crippen molar-refractivity contribution in [3.05, 3.63) is 48.3 Å². The van der Waals surface area contributed by atoms with Crippen LogP contribution in [0.5, 0.6) is 0 Å². The fourth-order valence-electron chi connectivity index (χ4n) is 2.88. The summed E-state index contributed by atoms with van der Waals surface area (Å²) in [5, 5.41) is 7.24. The monoisotopic (exact) mass is 385 g/mol. The van der Waals surface area contributed by atoms with Crippen molar-refractivity contribution >= 4 is 12.1 Å². The van der Waals surface area contributed by atoms with Gasteiger partial charge in [0.15, 0.2) is 0 Å². The second-order valence-corrected chi connectivity index (χ2v) is 7.74. The summed E-state index contributed by atoms with van der Waals surface area (Å²) in [7, 11) is 0. The molecule has 28 heavy (non-hydrogen) atoms. The van der Waals surface area contributed by atoms with Crippen molar-refractivity contribution in [2.45, 2.75) is 32.9 Å². The molecular formula is C20H27N5O3. The smallest absolute Gasteiger partial charge is 0.410 e. The molecule has 0 saturated carbocycles. The van der Waals surface area contributed by atoms with Crippen molar-refractivity contribution in [3.8, 4) is 5.69 Å². The molecule has 1 N–H and O–H groups in total. The summed E-state index contributed by atoms with van der Waals surface area (Å²) >= 11 is 0. The molecule has 1 aliphatic rings. The number of carbonyl (C=O) groups excluding carboxylic acids is 2. The lowest BCUT2D eigenvalue weighted by atomic mass is 10.2. The van der Waals surface area contributed by atoms with Crippen LogP contribution in [-0.2, 0) is 11.3 Å². The van der Waals surface area contributed by atoms with Crippen LogP contribution in [0.1, 0.15) is 26.3 Å². The zero-order chi connectivity index (χ0) is 20.1. The van der Waals surface area contributed by atoms with E-state index in [0.717, 1.165) is 11.3 Å². The molecule has 8 heteroatoms. The first-order valence-electron chi connectivity index (χ1n) is 9.41. The van der Waals surface area contributed by atoms with E-state index < -0.39 is 5.60 Å². The fourth-order valence-corrected chi connectivity index (χ4v) is 2.88. The maximum absolute atomic E-state index is 12.4. The number of aromatic nitrogens is 2. The first-order valence-corrected chi connectivity index (χ1v) is 9.41. The van der Waals surface area contributed by atoms with E-state index in [2.05, 4.69) is 10.4 Å². The largest absolute Gasteiger partial charge is 0.444 e. The molecular weight excluding hydrogens is 358 g/mol. The maximum atomic E-state index is 12.4. The number of amides is 3. The number of hydrogen-bond acceptors (Lipinski definition) is 4. The molecule has 1 aromatic carbocycles. The van der Waals surface area contributed by atoms with Gasteiger partial charge in [0.2, 0.25) is 0 Å². The average molecular weight is 385 g/mol. The molecule has 0 aliphatic carbocycles. The molecule has 2 aromatic rings. The first-order chi connectivity index (χ1) is 13.3. The zero-order valence-corrected chi connectivity index (χ0v) is 16.6. The van der Waals surface area contributed by atoms with E-state index >= 15 is 0 Å². The number of carbonyl (C=O) groups is 2. The zero-order valence-electron chi connectivity index (χ0n) is 16.6. The highest BCUT2D eigenvalue weighted by molar-refractivity contribution is 5.75. The number of urea groups is 1. The van der Waals surface area contributed by atoms with Crippen LogP contribution in [0.25, 0.3) is 5.69 Å². The lowest BCUT2D eigenvalue weighted by Crippen LogP contribution is -2.53. The molecule has 0 unspecified atom stereocenters. The number of benzene rings is 1. The van der Waals surface area contributed by atoms with Crippen LogP contribution in [0.15, 0.2) is 42.7 Å². The summed E-state index contributed by atoms with van der Waals surface area (Å²) in [6.07, 6.45) is 3.31. The van der Waals surface area contributed by atoms with Gasteiger partial charge in [-0.05, 0) is 32.9 Å². The fraction of sp³-hybridized carbons (Fsp3) is 0.450.